The van der Waals surface area contributed by atoms with Crippen molar-refractivity contribution >= 4 is 23.4 Å². The second-order valence-electron chi connectivity index (χ2n) is 8.55. The molecule has 170 valence electrons. The molecule has 7 nitrogen and oxygen atoms in total. The fourth-order valence-corrected chi connectivity index (χ4v) is 4.85. The predicted octanol–water partition coefficient (Wildman–Crippen LogP) is 4.57. The Morgan fingerprint density at radius 2 is 1.94 bits per heavy atom. The molecule has 1 saturated carbocycles. The van der Waals surface area contributed by atoms with Crippen LogP contribution in [0.2, 0.25) is 0 Å². The quantitative estimate of drug-likeness (QED) is 0.628. The molecule has 0 amide bonds. The van der Waals surface area contributed by atoms with Crippen molar-refractivity contribution in [3.63, 3.8) is 0 Å². The van der Waals surface area contributed by atoms with Crippen molar-refractivity contribution in [3.8, 4) is 0 Å². The molecule has 32 heavy (non-hydrogen) atoms. The average Bonchev–Trinajstić information content (AvgIpc) is 3.25. The summed E-state index contributed by atoms with van der Waals surface area (Å²) in [7, 11) is 1.38. The number of halogens is 3. The minimum atomic E-state index is -4.53. The van der Waals surface area contributed by atoms with Crippen molar-refractivity contribution in [3.05, 3.63) is 41.1 Å². The Hall–Kier alpha value is -2.88. The Morgan fingerprint density at radius 1 is 1.19 bits per heavy atom. The highest BCUT2D eigenvalue weighted by Crippen LogP contribution is 2.53. The molecule has 1 aromatic carbocycles. The van der Waals surface area contributed by atoms with Gasteiger partial charge in [0.1, 0.15) is 11.4 Å². The standard InChI is InChI=1S/C22H24F3N5O2/c1-32-19(31)11-30-17-7-8-18(30)15-9-13(5-6-14(15)17)28-21-26-10-16(22(23,24)25)20(29-21)27-12-3-2-4-12/h5-6,9-10,12,17-18H,2-4,7-8,11H2,1H3,(H2,26,27,28,29)/t17-,18+/m1/s1. The molecule has 10 heteroatoms. The van der Waals surface area contributed by atoms with Crippen molar-refractivity contribution in [2.45, 2.75) is 56.4 Å². The number of carbonyl (C=O) groups is 1. The van der Waals surface area contributed by atoms with Crippen LogP contribution in [0, 0.1) is 0 Å². The number of carbonyl (C=O) groups excluding carboxylic acids is 1. The lowest BCUT2D eigenvalue weighted by atomic mass is 9.91. The van der Waals surface area contributed by atoms with Crippen LogP contribution in [0.1, 0.15) is 60.9 Å². The first-order chi connectivity index (χ1) is 15.3. The summed E-state index contributed by atoms with van der Waals surface area (Å²) in [6.45, 7) is 0.238. The van der Waals surface area contributed by atoms with Gasteiger partial charge in [-0.1, -0.05) is 6.07 Å². The number of benzene rings is 1. The van der Waals surface area contributed by atoms with Crippen LogP contribution in [0.4, 0.5) is 30.6 Å². The van der Waals surface area contributed by atoms with Crippen LogP contribution in [-0.4, -0.2) is 40.5 Å². The highest BCUT2D eigenvalue weighted by atomic mass is 19.4. The Kier molecular flexibility index (Phi) is 5.19. The highest BCUT2D eigenvalue weighted by Gasteiger charge is 2.44. The number of nitrogens with zero attached hydrogens (tertiary/aromatic N) is 3. The van der Waals surface area contributed by atoms with Crippen molar-refractivity contribution in [1.29, 1.82) is 0 Å². The SMILES string of the molecule is COC(=O)CN1[C@@H]2CC[C@H]1c1cc(Nc3ncc(C(F)(F)F)c(NC4CCC4)n3)ccc12. The van der Waals surface area contributed by atoms with Gasteiger partial charge in [-0.05, 0) is 55.4 Å². The largest absolute Gasteiger partial charge is 0.468 e. The Bertz CT molecular complexity index is 1040. The lowest BCUT2D eigenvalue weighted by Gasteiger charge is -2.28. The summed E-state index contributed by atoms with van der Waals surface area (Å²) >= 11 is 0. The molecule has 1 aliphatic carbocycles. The van der Waals surface area contributed by atoms with Gasteiger partial charge in [0.2, 0.25) is 5.95 Å². The van der Waals surface area contributed by atoms with Gasteiger partial charge in [0.25, 0.3) is 0 Å². The van der Waals surface area contributed by atoms with Crippen molar-refractivity contribution in [2.24, 2.45) is 0 Å². The molecule has 1 saturated heterocycles. The van der Waals surface area contributed by atoms with Gasteiger partial charge in [-0.2, -0.15) is 18.2 Å². The lowest BCUT2D eigenvalue weighted by Crippen LogP contribution is -2.29. The molecule has 5 rings (SSSR count). The third-order valence-corrected chi connectivity index (χ3v) is 6.65. The van der Waals surface area contributed by atoms with E-state index in [4.69, 9.17) is 4.74 Å². The zero-order valence-corrected chi connectivity index (χ0v) is 17.6. The van der Waals surface area contributed by atoms with Crippen LogP contribution >= 0.6 is 0 Å². The monoisotopic (exact) mass is 447 g/mol. The van der Waals surface area contributed by atoms with E-state index < -0.39 is 11.7 Å². The van der Waals surface area contributed by atoms with Gasteiger partial charge in [0.05, 0.1) is 13.7 Å². The van der Waals surface area contributed by atoms with Crippen molar-refractivity contribution in [2.75, 3.05) is 24.3 Å². The van der Waals surface area contributed by atoms with Crippen molar-refractivity contribution in [1.82, 2.24) is 14.9 Å². The van der Waals surface area contributed by atoms with Crippen LogP contribution in [0.15, 0.2) is 24.4 Å². The summed E-state index contributed by atoms with van der Waals surface area (Å²) in [4.78, 5) is 22.0. The number of ether oxygens (including phenoxy) is 1. The van der Waals surface area contributed by atoms with Gasteiger partial charge in [0, 0.05) is 30.0 Å². The molecule has 0 radical (unpaired) electrons. The number of fused-ring (bicyclic) bond motifs is 5. The molecule has 1 aromatic heterocycles. The van der Waals surface area contributed by atoms with E-state index in [1.807, 2.05) is 18.2 Å². The fraction of sp³-hybridized carbons (Fsp3) is 0.500. The molecule has 3 aliphatic rings. The first-order valence-corrected chi connectivity index (χ1v) is 10.8. The summed E-state index contributed by atoms with van der Waals surface area (Å²) in [5, 5.41) is 5.96. The summed E-state index contributed by atoms with van der Waals surface area (Å²) in [6.07, 6.45) is 0.896. The highest BCUT2D eigenvalue weighted by molar-refractivity contribution is 5.72. The lowest BCUT2D eigenvalue weighted by molar-refractivity contribution is -0.142. The molecule has 0 spiro atoms. The molecule has 2 fully saturated rings. The molecule has 2 aliphatic heterocycles. The Morgan fingerprint density at radius 3 is 2.59 bits per heavy atom. The van der Waals surface area contributed by atoms with E-state index in [1.54, 1.807) is 0 Å². The average molecular weight is 447 g/mol. The number of aromatic nitrogens is 2. The Balaban J connectivity index is 1.38. The smallest absolute Gasteiger partial charge is 0.421 e. The third-order valence-electron chi connectivity index (χ3n) is 6.65. The second kappa shape index (κ2) is 7.91. The molecule has 2 atom stereocenters. The fourth-order valence-electron chi connectivity index (χ4n) is 4.85. The zero-order valence-electron chi connectivity index (χ0n) is 17.6. The number of alkyl halides is 3. The predicted molar refractivity (Wildman–Crippen MR) is 111 cm³/mol. The van der Waals surface area contributed by atoms with Crippen molar-refractivity contribution < 1.29 is 22.7 Å². The molecule has 0 unspecified atom stereocenters. The van der Waals surface area contributed by atoms with E-state index in [0.717, 1.165) is 43.9 Å². The summed E-state index contributed by atoms with van der Waals surface area (Å²) in [5.74, 6) is -0.351. The van der Waals surface area contributed by atoms with Gasteiger partial charge in [-0.25, -0.2) is 4.98 Å². The normalized spacial score (nSPS) is 22.4. The topological polar surface area (TPSA) is 79.4 Å². The van der Waals surface area contributed by atoms with E-state index in [1.165, 1.54) is 12.7 Å². The van der Waals surface area contributed by atoms with E-state index in [2.05, 4.69) is 25.5 Å². The molecular formula is C22H24F3N5O2. The number of nitrogens with one attached hydrogen (secondary N) is 2. The third kappa shape index (κ3) is 3.76. The zero-order chi connectivity index (χ0) is 22.5. The number of hydrogen-bond acceptors (Lipinski definition) is 7. The molecule has 2 N–H and O–H groups in total. The van der Waals surface area contributed by atoms with Crippen LogP contribution in [0.5, 0.6) is 0 Å². The first-order valence-electron chi connectivity index (χ1n) is 10.8. The van der Waals surface area contributed by atoms with E-state index >= 15 is 0 Å². The maximum atomic E-state index is 13.4. The van der Waals surface area contributed by atoms with Gasteiger partial charge in [-0.15, -0.1) is 0 Å². The summed E-state index contributed by atoms with van der Waals surface area (Å²) in [6, 6.07) is 6.17. The van der Waals surface area contributed by atoms with Crippen LogP contribution in [0.25, 0.3) is 0 Å². The number of hydrogen-bond donors (Lipinski definition) is 2. The minimum absolute atomic E-state index is 0.00943. The van der Waals surface area contributed by atoms with Gasteiger partial charge in [-0.3, -0.25) is 9.69 Å². The molecular weight excluding hydrogens is 423 g/mol. The number of methoxy groups -OCH3 is 1. The molecule has 3 heterocycles. The summed E-state index contributed by atoms with van der Waals surface area (Å²) < 4.78 is 45.0. The number of esters is 1. The van der Waals surface area contributed by atoms with Gasteiger partial charge in [0.15, 0.2) is 0 Å². The minimum Gasteiger partial charge on any atom is -0.468 e. The maximum Gasteiger partial charge on any atom is 0.421 e. The summed E-state index contributed by atoms with van der Waals surface area (Å²) in [5.41, 5.74) is 2.13. The molecule has 2 bridgehead atoms. The molecule has 2 aromatic rings. The second-order valence-corrected chi connectivity index (χ2v) is 8.55. The first kappa shape index (κ1) is 21.0. The number of rotatable bonds is 6. The maximum absolute atomic E-state index is 13.4. The van der Waals surface area contributed by atoms with Gasteiger partial charge < -0.3 is 15.4 Å². The van der Waals surface area contributed by atoms with Gasteiger partial charge >= 0.3 is 12.1 Å². The van der Waals surface area contributed by atoms with E-state index in [-0.39, 0.29) is 42.4 Å². The Labute approximate surface area is 183 Å². The van der Waals surface area contributed by atoms with Crippen LogP contribution in [0.3, 0.4) is 0 Å². The van der Waals surface area contributed by atoms with Crippen LogP contribution in [-0.2, 0) is 15.7 Å². The van der Waals surface area contributed by atoms with Crippen LogP contribution < -0.4 is 10.6 Å². The van der Waals surface area contributed by atoms with E-state index in [9.17, 15) is 18.0 Å². The number of anilines is 3. The van der Waals surface area contributed by atoms with E-state index in [0.29, 0.717) is 5.69 Å².